The number of aliphatic hydroxyl groups excluding tert-OH is 1. The van der Waals surface area contributed by atoms with Gasteiger partial charge in [0.05, 0.1) is 92.9 Å². The normalized spacial score (nSPS) is 17.6. The van der Waals surface area contributed by atoms with Crippen LogP contribution in [0.1, 0.15) is 137 Å². The van der Waals surface area contributed by atoms with Crippen molar-refractivity contribution in [2.45, 2.75) is 159 Å². The van der Waals surface area contributed by atoms with Crippen molar-refractivity contribution in [1.29, 1.82) is 0 Å². The average Bonchev–Trinajstić information content (AvgIpc) is 1.62. The Hall–Kier alpha value is -9.96. The molecule has 2 saturated heterocycles. The van der Waals surface area contributed by atoms with Crippen LogP contribution >= 0.6 is 0 Å². The molecule has 9 rings (SSSR count). The third-order valence-corrected chi connectivity index (χ3v) is 18.5. The van der Waals surface area contributed by atoms with Crippen molar-refractivity contribution in [1.82, 2.24) is 30.7 Å². The fraction of sp³-hybridized carbons (Fsp3) is 0.474. The first kappa shape index (κ1) is 77.2. The molecule has 0 saturated carbocycles. The highest BCUT2D eigenvalue weighted by Crippen LogP contribution is 2.43. The number of nitrogens with two attached hydrogens (primary N) is 1. The molecule has 0 bridgehead atoms. The number of carbonyl (C=O) groups is 9. The summed E-state index contributed by atoms with van der Waals surface area (Å²) in [5.74, 6) is -1.98. The maximum atomic E-state index is 14.4. The minimum absolute atomic E-state index is 0.00259. The number of ether oxygens (including phenoxy) is 7. The lowest BCUT2D eigenvalue weighted by molar-refractivity contribution is -0.137. The lowest BCUT2D eigenvalue weighted by atomic mass is 10.0. The maximum absolute atomic E-state index is 14.4. The number of hydrogen-bond acceptors (Lipinski definition) is 19. The largest absolute Gasteiger partial charge is 0.493 e. The van der Waals surface area contributed by atoms with Crippen LogP contribution < -0.4 is 50.8 Å². The van der Waals surface area contributed by atoms with Gasteiger partial charge in [-0.05, 0) is 134 Å². The van der Waals surface area contributed by atoms with E-state index in [4.69, 9.17) is 38.9 Å². The summed E-state index contributed by atoms with van der Waals surface area (Å²) in [6, 6.07) is 18.9. The zero-order valence-corrected chi connectivity index (χ0v) is 59.6. The van der Waals surface area contributed by atoms with Gasteiger partial charge in [0.15, 0.2) is 29.2 Å². The number of benzene rings is 4. The Morgan fingerprint density at radius 3 is 2.00 bits per heavy atom. The van der Waals surface area contributed by atoms with Crippen molar-refractivity contribution in [3.63, 3.8) is 0 Å². The third kappa shape index (κ3) is 20.9. The summed E-state index contributed by atoms with van der Waals surface area (Å²) in [6.07, 6.45) is 6.72. The van der Waals surface area contributed by atoms with Gasteiger partial charge >= 0.3 is 6.09 Å². The molecular formula is C76H96N10O17. The number of fused-ring (bicyclic) bond motifs is 4. The predicted molar refractivity (Wildman–Crippen MR) is 384 cm³/mol. The minimum Gasteiger partial charge on any atom is -0.493 e. The van der Waals surface area contributed by atoms with Crippen LogP contribution in [-0.2, 0) is 56.0 Å². The van der Waals surface area contributed by atoms with E-state index in [2.05, 4.69) is 39.4 Å². The Balaban J connectivity index is 0.762. The summed E-state index contributed by atoms with van der Waals surface area (Å²) in [7, 11) is 2.96. The van der Waals surface area contributed by atoms with Crippen molar-refractivity contribution < 1.29 is 81.4 Å². The van der Waals surface area contributed by atoms with Crippen molar-refractivity contribution in [2.24, 2.45) is 10.7 Å². The number of hydrogen-bond donors (Lipinski definition) is 6. The fourth-order valence-electron chi connectivity index (χ4n) is 12.6. The predicted octanol–water partition coefficient (Wildman–Crippen LogP) is 7.54. The molecule has 9 amide bonds. The van der Waals surface area contributed by atoms with Gasteiger partial charge in [-0.15, -0.1) is 0 Å². The van der Waals surface area contributed by atoms with Gasteiger partial charge in [0.2, 0.25) is 23.6 Å². The zero-order chi connectivity index (χ0) is 74.0. The number of imide groups is 1. The van der Waals surface area contributed by atoms with Crippen LogP contribution in [0.2, 0.25) is 0 Å². The van der Waals surface area contributed by atoms with Crippen molar-refractivity contribution in [3.05, 3.63) is 138 Å². The molecule has 4 aromatic carbocycles. The Kier molecular flexibility index (Phi) is 26.8. The molecule has 0 radical (unpaired) electrons. The highest BCUT2D eigenvalue weighted by atomic mass is 16.6. The van der Waals surface area contributed by atoms with E-state index in [1.165, 1.54) is 43.4 Å². The molecule has 552 valence electrons. The van der Waals surface area contributed by atoms with E-state index in [-0.39, 0.29) is 106 Å². The van der Waals surface area contributed by atoms with E-state index >= 15 is 0 Å². The van der Waals surface area contributed by atoms with E-state index in [0.29, 0.717) is 124 Å². The molecule has 5 aliphatic heterocycles. The van der Waals surface area contributed by atoms with Gasteiger partial charge in [-0.3, -0.25) is 48.2 Å². The number of rotatable bonds is 37. The first-order valence-corrected chi connectivity index (χ1v) is 35.0. The molecule has 2 fully saturated rings. The van der Waals surface area contributed by atoms with Crippen molar-refractivity contribution >= 4 is 76.6 Å². The molecule has 5 atom stereocenters. The fourth-order valence-corrected chi connectivity index (χ4v) is 12.6. The van der Waals surface area contributed by atoms with Crippen LogP contribution in [0.15, 0.2) is 120 Å². The zero-order valence-electron chi connectivity index (χ0n) is 59.6. The second-order valence-electron chi connectivity index (χ2n) is 27.4. The summed E-state index contributed by atoms with van der Waals surface area (Å²) in [5.41, 5.74) is 8.92. The number of carbonyl (C=O) groups excluding carboxylic acids is 9. The summed E-state index contributed by atoms with van der Waals surface area (Å²) >= 11 is 0. The van der Waals surface area contributed by atoms with Gasteiger partial charge in [-0.25, -0.2) is 9.69 Å². The average molecular weight is 1420 g/mol. The number of nitrogens with one attached hydrogen (secondary N) is 4. The van der Waals surface area contributed by atoms with Crippen LogP contribution in [0.25, 0.3) is 0 Å². The number of aliphatic hydroxyl groups is 1. The Bertz CT molecular complexity index is 3820. The van der Waals surface area contributed by atoms with Gasteiger partial charge < -0.3 is 75.1 Å². The lowest BCUT2D eigenvalue weighted by Gasteiger charge is -2.31. The van der Waals surface area contributed by atoms with Crippen LogP contribution in [0, 0.1) is 0 Å². The topological polar surface area (TPSA) is 338 Å². The first-order chi connectivity index (χ1) is 49.3. The molecule has 103 heavy (non-hydrogen) atoms. The molecule has 0 aliphatic carbocycles. The van der Waals surface area contributed by atoms with Gasteiger partial charge in [-0.1, -0.05) is 66.8 Å². The number of unbranched alkanes of at least 4 members (excludes halogenated alkanes) is 3. The second-order valence-corrected chi connectivity index (χ2v) is 27.4. The molecule has 5 aliphatic rings. The van der Waals surface area contributed by atoms with E-state index in [1.54, 1.807) is 47.5 Å². The number of amides is 9. The first-order valence-electron chi connectivity index (χ1n) is 35.0. The summed E-state index contributed by atoms with van der Waals surface area (Å²) in [5, 5.41) is 23.5. The van der Waals surface area contributed by atoms with Crippen LogP contribution in [-0.4, -0.2) is 194 Å². The number of nitrogens with zero attached hydrogens (tertiary/aromatic N) is 5. The number of methoxy groups -OCH3 is 2. The summed E-state index contributed by atoms with van der Waals surface area (Å²) in [4.78, 5) is 130. The second kappa shape index (κ2) is 35.8. The molecule has 0 spiro atoms. The van der Waals surface area contributed by atoms with Crippen LogP contribution in [0.4, 0.5) is 21.9 Å². The standard InChI is InChI=1S/C76H96N10O17/c1-48-37-53-44-79-57-42-63(61(97-7)40-54(57)71(93)84(53)45-48)99-33-15-10-16-34-100-64-43-59-55(41-62(64)98-8)72(94)85-46-49(2)38-60(85)73(95)86(59)74(96)101-47-51-20-22-52(23-21-51)80-69(91)56(19-13-14-30-77)82-70(92)58(39-50-17-11-9-12-18-50)81-66(88)27-35-102-76(5,6)29-36-103-75(3,4)28-31-78-65(87)26-32-83-67(89)24-25-68(83)90/h9,11-12,17-18,20-25,40-44,53,56,58,60,73,95H,1-2,10,13-16,19,26-39,45-47,77H2,3-8H3,(H,78,87)(H,80,91)(H,81,88)(H,82,92). The van der Waals surface area contributed by atoms with Gasteiger partial charge in [-0.2, -0.15) is 0 Å². The molecule has 5 heterocycles. The Morgan fingerprint density at radius 2 is 1.31 bits per heavy atom. The molecule has 4 aromatic rings. The number of aliphatic imine (C=N–C) groups is 1. The molecular weight excluding hydrogens is 1320 g/mol. The number of anilines is 2. The SMILES string of the molecule is C=C1CC2C=Nc3cc(OCCCCCOc4cc5c(cc4OC)C(=O)N4CC(=C)CC4C(O)N5C(=O)OCc4ccc(NC(=O)C(CCCCN)NC(=O)C(Cc5ccccc5)NC(=O)CCOC(C)(C)CCOC(C)(C)CCNC(=O)CCN5C(=O)C=CC5=O)cc4)c(OC)cc3C(=O)N2C1. The van der Waals surface area contributed by atoms with Crippen LogP contribution in [0.3, 0.4) is 0 Å². The molecule has 27 nitrogen and oxygen atoms in total. The Morgan fingerprint density at radius 1 is 0.670 bits per heavy atom. The van der Waals surface area contributed by atoms with Crippen LogP contribution in [0.5, 0.6) is 23.0 Å². The van der Waals surface area contributed by atoms with Gasteiger partial charge in [0.25, 0.3) is 23.6 Å². The molecule has 5 unspecified atom stereocenters. The van der Waals surface area contributed by atoms with Crippen molar-refractivity contribution in [3.8, 4) is 23.0 Å². The smallest absolute Gasteiger partial charge is 0.416 e. The molecule has 7 N–H and O–H groups in total. The quantitative estimate of drug-likeness (QED) is 0.0144. The Labute approximate surface area is 600 Å². The molecule has 0 aromatic heterocycles. The molecule has 27 heteroatoms. The minimum atomic E-state index is -1.55. The van der Waals surface area contributed by atoms with Gasteiger partial charge in [0.1, 0.15) is 18.7 Å². The van der Waals surface area contributed by atoms with E-state index in [0.717, 1.165) is 20.9 Å². The van der Waals surface area contributed by atoms with E-state index in [9.17, 15) is 48.3 Å². The maximum Gasteiger partial charge on any atom is 0.416 e. The third-order valence-electron chi connectivity index (χ3n) is 18.5. The van der Waals surface area contributed by atoms with E-state index in [1.807, 2.05) is 58.0 Å². The summed E-state index contributed by atoms with van der Waals surface area (Å²) in [6.45, 7) is 17.6. The van der Waals surface area contributed by atoms with Gasteiger partial charge in [0, 0.05) is 75.2 Å². The highest BCUT2D eigenvalue weighted by Gasteiger charge is 2.47. The highest BCUT2D eigenvalue weighted by molar-refractivity contribution is 6.13. The monoisotopic (exact) mass is 1420 g/mol. The van der Waals surface area contributed by atoms with E-state index < -0.39 is 77.1 Å². The van der Waals surface area contributed by atoms with Crippen molar-refractivity contribution in [2.75, 3.05) is 83.6 Å². The summed E-state index contributed by atoms with van der Waals surface area (Å²) < 4.78 is 42.0. The lowest BCUT2D eigenvalue weighted by Crippen LogP contribution is -2.53.